The van der Waals surface area contributed by atoms with E-state index in [4.69, 9.17) is 11.6 Å². The highest BCUT2D eigenvalue weighted by molar-refractivity contribution is 6.31. The number of piperidine rings is 1. The van der Waals surface area contributed by atoms with Crippen LogP contribution in [0.5, 0.6) is 0 Å². The zero-order valence-electron chi connectivity index (χ0n) is 11.3. The number of nitrogens with one attached hydrogen (secondary N) is 1. The lowest BCUT2D eigenvalue weighted by Crippen LogP contribution is -2.43. The fraction of sp³-hybridized carbons (Fsp3) is 0.667. The Balaban J connectivity index is 1.60. The second kappa shape index (κ2) is 6.21. The first kappa shape index (κ1) is 13.3. The number of hydrogen-bond acceptors (Lipinski definition) is 3. The summed E-state index contributed by atoms with van der Waals surface area (Å²) in [5.41, 5.74) is 1.21. The Morgan fingerprint density at radius 2 is 2.32 bits per heavy atom. The Bertz CT molecular complexity index is 418. The lowest BCUT2D eigenvalue weighted by Gasteiger charge is -2.36. The van der Waals surface area contributed by atoms with Crippen LogP contribution in [-0.4, -0.2) is 35.6 Å². The van der Waals surface area contributed by atoms with Crippen LogP contribution in [0.1, 0.15) is 31.2 Å². The van der Waals surface area contributed by atoms with E-state index in [9.17, 15) is 0 Å². The molecule has 4 heteroatoms. The molecule has 2 unspecified atom stereocenters. The van der Waals surface area contributed by atoms with E-state index in [1.807, 2.05) is 12.3 Å². The van der Waals surface area contributed by atoms with Crippen molar-refractivity contribution in [1.82, 2.24) is 15.2 Å². The van der Waals surface area contributed by atoms with Crippen LogP contribution in [0.2, 0.25) is 5.02 Å². The smallest absolute Gasteiger partial charge is 0.0634 e. The second-order valence-corrected chi connectivity index (χ2v) is 6.21. The molecule has 0 aliphatic carbocycles. The van der Waals surface area contributed by atoms with Crippen LogP contribution in [0.25, 0.3) is 0 Å². The number of nitrogens with zero attached hydrogens (tertiary/aromatic N) is 2. The molecular formula is C15H22ClN3. The Hall–Kier alpha value is -0.640. The summed E-state index contributed by atoms with van der Waals surface area (Å²) in [7, 11) is 0. The van der Waals surface area contributed by atoms with Gasteiger partial charge in [0.05, 0.1) is 5.02 Å². The Labute approximate surface area is 120 Å². The van der Waals surface area contributed by atoms with Gasteiger partial charge in [-0.1, -0.05) is 11.6 Å². The topological polar surface area (TPSA) is 28.2 Å². The zero-order chi connectivity index (χ0) is 13.1. The maximum absolute atomic E-state index is 6.21. The van der Waals surface area contributed by atoms with Gasteiger partial charge in [0.2, 0.25) is 0 Å². The summed E-state index contributed by atoms with van der Waals surface area (Å²) in [6, 6.07) is 2.79. The summed E-state index contributed by atoms with van der Waals surface area (Å²) in [4.78, 5) is 6.61. The molecule has 0 radical (unpaired) electrons. The first-order chi connectivity index (χ1) is 9.33. The molecule has 104 valence electrons. The molecule has 2 saturated heterocycles. The average Bonchev–Trinajstić information content (AvgIpc) is 2.96. The number of hydrogen-bond donors (Lipinski definition) is 1. The van der Waals surface area contributed by atoms with Crippen molar-refractivity contribution in [3.63, 3.8) is 0 Å². The largest absolute Gasteiger partial charge is 0.314 e. The van der Waals surface area contributed by atoms with Gasteiger partial charge in [0.25, 0.3) is 0 Å². The molecule has 2 aliphatic heterocycles. The van der Waals surface area contributed by atoms with Crippen LogP contribution >= 0.6 is 11.6 Å². The summed E-state index contributed by atoms with van der Waals surface area (Å²) in [5, 5.41) is 4.45. The van der Waals surface area contributed by atoms with Gasteiger partial charge >= 0.3 is 0 Å². The Kier molecular flexibility index (Phi) is 4.36. The number of rotatable bonds is 3. The number of likely N-dealkylation sites (tertiary alicyclic amines) is 1. The van der Waals surface area contributed by atoms with Crippen LogP contribution in [0, 0.1) is 5.92 Å². The highest BCUT2D eigenvalue weighted by atomic mass is 35.5. The van der Waals surface area contributed by atoms with Crippen LogP contribution in [-0.2, 0) is 6.54 Å². The third kappa shape index (κ3) is 3.28. The van der Waals surface area contributed by atoms with Crippen molar-refractivity contribution >= 4 is 11.6 Å². The van der Waals surface area contributed by atoms with Crippen molar-refractivity contribution in [2.24, 2.45) is 5.92 Å². The van der Waals surface area contributed by atoms with Gasteiger partial charge in [0.15, 0.2) is 0 Å². The van der Waals surface area contributed by atoms with Crippen LogP contribution in [0.15, 0.2) is 18.5 Å². The quantitative estimate of drug-likeness (QED) is 0.922. The van der Waals surface area contributed by atoms with Gasteiger partial charge < -0.3 is 5.32 Å². The number of halogens is 1. The normalized spacial score (nSPS) is 28.7. The predicted molar refractivity (Wildman–Crippen MR) is 78.3 cm³/mol. The Morgan fingerprint density at radius 3 is 3.11 bits per heavy atom. The molecule has 2 fully saturated rings. The van der Waals surface area contributed by atoms with Gasteiger partial charge in [-0.05, 0) is 56.3 Å². The van der Waals surface area contributed by atoms with E-state index in [1.54, 1.807) is 6.20 Å². The van der Waals surface area contributed by atoms with Crippen LogP contribution in [0.4, 0.5) is 0 Å². The molecule has 3 heterocycles. The van der Waals surface area contributed by atoms with E-state index < -0.39 is 0 Å². The third-order valence-electron chi connectivity index (χ3n) is 4.46. The van der Waals surface area contributed by atoms with Crippen molar-refractivity contribution in [1.29, 1.82) is 0 Å². The van der Waals surface area contributed by atoms with E-state index in [-0.39, 0.29) is 0 Å². The van der Waals surface area contributed by atoms with E-state index in [0.29, 0.717) is 0 Å². The minimum absolute atomic E-state index is 0.746. The van der Waals surface area contributed by atoms with Gasteiger partial charge in [0.1, 0.15) is 0 Å². The zero-order valence-corrected chi connectivity index (χ0v) is 12.1. The molecule has 0 amide bonds. The van der Waals surface area contributed by atoms with E-state index >= 15 is 0 Å². The minimum atomic E-state index is 0.746. The highest BCUT2D eigenvalue weighted by Gasteiger charge is 2.29. The van der Waals surface area contributed by atoms with Crippen LogP contribution in [0.3, 0.4) is 0 Å². The van der Waals surface area contributed by atoms with Crippen molar-refractivity contribution in [2.45, 2.75) is 38.3 Å². The summed E-state index contributed by atoms with van der Waals surface area (Å²) >= 11 is 6.21. The molecule has 1 aromatic rings. The predicted octanol–water partition coefficient (Wildman–Crippen LogP) is 2.70. The SMILES string of the molecule is Clc1cnccc1CN1CCCC(C2CCCN2)C1. The molecule has 3 nitrogen and oxygen atoms in total. The van der Waals surface area contributed by atoms with Gasteiger partial charge in [-0.2, -0.15) is 0 Å². The first-order valence-corrected chi connectivity index (χ1v) is 7.75. The Morgan fingerprint density at radius 1 is 1.37 bits per heavy atom. The molecule has 19 heavy (non-hydrogen) atoms. The monoisotopic (exact) mass is 279 g/mol. The lowest BCUT2D eigenvalue weighted by atomic mass is 9.89. The minimum Gasteiger partial charge on any atom is -0.314 e. The lowest BCUT2D eigenvalue weighted by molar-refractivity contribution is 0.145. The molecule has 0 aromatic carbocycles. The highest BCUT2D eigenvalue weighted by Crippen LogP contribution is 2.26. The maximum Gasteiger partial charge on any atom is 0.0634 e. The molecule has 2 aliphatic rings. The molecule has 3 rings (SSSR count). The molecular weight excluding hydrogens is 258 g/mol. The molecule has 1 aromatic heterocycles. The van der Waals surface area contributed by atoms with E-state index in [2.05, 4.69) is 15.2 Å². The first-order valence-electron chi connectivity index (χ1n) is 7.37. The van der Waals surface area contributed by atoms with Gasteiger partial charge in [-0.3, -0.25) is 9.88 Å². The molecule has 1 N–H and O–H groups in total. The fourth-order valence-corrected chi connectivity index (χ4v) is 3.63. The molecule has 0 spiro atoms. The van der Waals surface area contributed by atoms with Crippen molar-refractivity contribution < 1.29 is 0 Å². The summed E-state index contributed by atoms with van der Waals surface area (Å²) < 4.78 is 0. The molecule has 0 bridgehead atoms. The molecule has 2 atom stereocenters. The summed E-state index contributed by atoms with van der Waals surface area (Å²) in [6.07, 6.45) is 8.97. The number of aromatic nitrogens is 1. The van der Waals surface area contributed by atoms with E-state index in [0.717, 1.165) is 23.5 Å². The standard InChI is InChI=1S/C15H22ClN3/c16-14-9-17-7-5-12(14)10-19-8-2-3-13(11-19)15-4-1-6-18-15/h5,7,9,13,15,18H,1-4,6,8,10-11H2. The summed E-state index contributed by atoms with van der Waals surface area (Å²) in [6.45, 7) is 4.57. The van der Waals surface area contributed by atoms with E-state index in [1.165, 1.54) is 50.9 Å². The maximum atomic E-state index is 6.21. The van der Waals surface area contributed by atoms with Crippen molar-refractivity contribution in [3.8, 4) is 0 Å². The van der Waals surface area contributed by atoms with Crippen molar-refractivity contribution in [2.75, 3.05) is 19.6 Å². The van der Waals surface area contributed by atoms with Gasteiger partial charge in [0, 0.05) is 31.5 Å². The average molecular weight is 280 g/mol. The second-order valence-electron chi connectivity index (χ2n) is 5.81. The third-order valence-corrected chi connectivity index (χ3v) is 4.80. The van der Waals surface area contributed by atoms with Crippen LogP contribution < -0.4 is 5.32 Å². The van der Waals surface area contributed by atoms with Gasteiger partial charge in [-0.25, -0.2) is 0 Å². The van der Waals surface area contributed by atoms with Crippen molar-refractivity contribution in [3.05, 3.63) is 29.0 Å². The fourth-order valence-electron chi connectivity index (χ4n) is 3.45. The number of pyridine rings is 1. The molecule has 0 saturated carbocycles. The summed E-state index contributed by atoms with van der Waals surface area (Å²) in [5.74, 6) is 0.817. The van der Waals surface area contributed by atoms with Gasteiger partial charge in [-0.15, -0.1) is 0 Å².